The van der Waals surface area contributed by atoms with Gasteiger partial charge >= 0.3 is 5.97 Å². The Morgan fingerprint density at radius 3 is 2.62 bits per heavy atom. The first-order chi connectivity index (χ1) is 10.2. The van der Waals surface area contributed by atoms with Crippen LogP contribution in [-0.2, 0) is 9.53 Å². The highest BCUT2D eigenvalue weighted by Crippen LogP contribution is 2.36. The zero-order valence-corrected chi connectivity index (χ0v) is 12.5. The maximum absolute atomic E-state index is 12.9. The Morgan fingerprint density at radius 1 is 1.29 bits per heavy atom. The number of amides is 1. The second kappa shape index (κ2) is 5.92. The Morgan fingerprint density at radius 2 is 2.00 bits per heavy atom. The number of rotatable bonds is 5. The van der Waals surface area contributed by atoms with Gasteiger partial charge in [-0.1, -0.05) is 12.8 Å². The van der Waals surface area contributed by atoms with Crippen molar-refractivity contribution in [2.75, 3.05) is 13.7 Å². The van der Waals surface area contributed by atoms with Crippen LogP contribution >= 0.6 is 0 Å². The fraction of sp³-hybridized carbons (Fsp3) is 0.625. The van der Waals surface area contributed by atoms with E-state index in [-0.39, 0.29) is 24.5 Å². The maximum atomic E-state index is 12.9. The number of carbonyl (C=O) groups excluding carboxylic acids is 2. The van der Waals surface area contributed by atoms with Gasteiger partial charge in [0.1, 0.15) is 12.2 Å². The lowest BCUT2D eigenvalue weighted by molar-refractivity contribution is -0.141. The van der Waals surface area contributed by atoms with Gasteiger partial charge in [0.25, 0.3) is 5.91 Å². The van der Waals surface area contributed by atoms with E-state index >= 15 is 0 Å². The lowest BCUT2D eigenvalue weighted by atomic mass is 10.2. The van der Waals surface area contributed by atoms with Gasteiger partial charge in [-0.25, -0.2) is 0 Å². The molecule has 0 unspecified atom stereocenters. The molecule has 3 rings (SSSR count). The van der Waals surface area contributed by atoms with Gasteiger partial charge in [-0.2, -0.15) is 0 Å². The molecular formula is C16H22N2O3. The minimum Gasteiger partial charge on any atom is -0.468 e. The van der Waals surface area contributed by atoms with Gasteiger partial charge in [0.2, 0.25) is 0 Å². The van der Waals surface area contributed by atoms with Crippen LogP contribution in [0.25, 0.3) is 0 Å². The first-order valence-corrected chi connectivity index (χ1v) is 7.75. The van der Waals surface area contributed by atoms with Gasteiger partial charge in [-0.05, 0) is 37.8 Å². The van der Waals surface area contributed by atoms with Crippen LogP contribution in [0.2, 0.25) is 0 Å². The Bertz CT molecular complexity index is 527. The summed E-state index contributed by atoms with van der Waals surface area (Å²) in [6, 6.07) is 4.40. The summed E-state index contributed by atoms with van der Waals surface area (Å²) in [6.07, 6.45) is 8.44. The van der Waals surface area contributed by atoms with E-state index in [9.17, 15) is 9.59 Å². The van der Waals surface area contributed by atoms with Crippen LogP contribution in [-0.4, -0.2) is 41.0 Å². The number of methoxy groups -OCH3 is 1. The summed E-state index contributed by atoms with van der Waals surface area (Å²) in [5.74, 6) is -0.385. The van der Waals surface area contributed by atoms with Crippen LogP contribution in [0, 0.1) is 0 Å². The first-order valence-electron chi connectivity index (χ1n) is 7.75. The first kappa shape index (κ1) is 14.2. The quantitative estimate of drug-likeness (QED) is 0.782. The molecule has 1 heterocycles. The van der Waals surface area contributed by atoms with Crippen molar-refractivity contribution in [1.29, 1.82) is 0 Å². The summed E-state index contributed by atoms with van der Waals surface area (Å²) in [5.41, 5.74) is 0.702. The highest BCUT2D eigenvalue weighted by molar-refractivity contribution is 5.95. The van der Waals surface area contributed by atoms with Crippen LogP contribution in [0.15, 0.2) is 18.3 Å². The molecule has 0 aliphatic heterocycles. The minimum absolute atomic E-state index is 0.0378. The van der Waals surface area contributed by atoms with Crippen molar-refractivity contribution in [2.45, 2.75) is 50.6 Å². The summed E-state index contributed by atoms with van der Waals surface area (Å²) in [5, 5.41) is 0. The Balaban J connectivity index is 1.81. The monoisotopic (exact) mass is 290 g/mol. The summed E-state index contributed by atoms with van der Waals surface area (Å²) in [6.45, 7) is 0.0514. The van der Waals surface area contributed by atoms with Gasteiger partial charge in [-0.3, -0.25) is 9.59 Å². The van der Waals surface area contributed by atoms with E-state index in [1.54, 1.807) is 4.90 Å². The van der Waals surface area contributed by atoms with Crippen LogP contribution in [0.1, 0.15) is 55.1 Å². The third kappa shape index (κ3) is 2.96. The molecule has 1 aromatic rings. The summed E-state index contributed by atoms with van der Waals surface area (Å²) in [4.78, 5) is 26.3. The maximum Gasteiger partial charge on any atom is 0.325 e. The van der Waals surface area contributed by atoms with E-state index in [4.69, 9.17) is 4.74 Å². The van der Waals surface area contributed by atoms with E-state index in [1.807, 2.05) is 18.3 Å². The number of aromatic nitrogens is 1. The van der Waals surface area contributed by atoms with Crippen molar-refractivity contribution in [2.24, 2.45) is 0 Å². The lowest BCUT2D eigenvalue weighted by Gasteiger charge is -2.28. The molecule has 2 aliphatic carbocycles. The predicted molar refractivity (Wildman–Crippen MR) is 78.0 cm³/mol. The molecule has 0 spiro atoms. The molecular weight excluding hydrogens is 268 g/mol. The molecule has 0 N–H and O–H groups in total. The molecule has 2 saturated carbocycles. The number of esters is 1. The molecule has 1 amide bonds. The SMILES string of the molecule is COC(=O)CN(C(=O)c1cccn1C1CC1)C1CCCC1. The molecule has 0 atom stereocenters. The Kier molecular flexibility index (Phi) is 3.99. The highest BCUT2D eigenvalue weighted by Gasteiger charge is 2.33. The molecule has 2 fully saturated rings. The number of nitrogens with zero attached hydrogens (tertiary/aromatic N) is 2. The summed E-state index contributed by atoms with van der Waals surface area (Å²) in [7, 11) is 1.37. The molecule has 0 aromatic carbocycles. The van der Waals surface area contributed by atoms with Crippen molar-refractivity contribution in [3.05, 3.63) is 24.0 Å². The van der Waals surface area contributed by atoms with Crippen LogP contribution in [0.5, 0.6) is 0 Å². The van der Waals surface area contributed by atoms with Gasteiger partial charge in [0, 0.05) is 18.3 Å². The van der Waals surface area contributed by atoms with E-state index in [1.165, 1.54) is 7.11 Å². The second-order valence-corrected chi connectivity index (χ2v) is 5.98. The van der Waals surface area contributed by atoms with Crippen LogP contribution in [0.3, 0.4) is 0 Å². The molecule has 0 saturated heterocycles. The average molecular weight is 290 g/mol. The topological polar surface area (TPSA) is 51.5 Å². The third-order valence-corrected chi connectivity index (χ3v) is 4.49. The van der Waals surface area contributed by atoms with E-state index in [0.717, 1.165) is 38.5 Å². The van der Waals surface area contributed by atoms with Gasteiger partial charge in [0.05, 0.1) is 7.11 Å². The highest BCUT2D eigenvalue weighted by atomic mass is 16.5. The third-order valence-electron chi connectivity index (χ3n) is 4.49. The number of hydrogen-bond acceptors (Lipinski definition) is 3. The molecule has 5 nitrogen and oxygen atoms in total. The van der Waals surface area contributed by atoms with Crippen molar-refractivity contribution >= 4 is 11.9 Å². The summed E-state index contributed by atoms with van der Waals surface area (Å²) >= 11 is 0. The number of hydrogen-bond donors (Lipinski definition) is 0. The minimum atomic E-state index is -0.347. The largest absolute Gasteiger partial charge is 0.468 e. The van der Waals surface area contributed by atoms with Gasteiger partial charge < -0.3 is 14.2 Å². The van der Waals surface area contributed by atoms with Crippen molar-refractivity contribution in [3.8, 4) is 0 Å². The fourth-order valence-corrected chi connectivity index (χ4v) is 3.18. The van der Waals surface area contributed by atoms with Crippen molar-refractivity contribution in [1.82, 2.24) is 9.47 Å². The van der Waals surface area contributed by atoms with E-state index < -0.39 is 0 Å². The van der Waals surface area contributed by atoms with Gasteiger partial charge in [0.15, 0.2) is 0 Å². The Hall–Kier alpha value is -1.78. The Labute approximate surface area is 124 Å². The van der Waals surface area contributed by atoms with E-state index in [2.05, 4.69) is 4.57 Å². The predicted octanol–water partition coefficient (Wildman–Crippen LogP) is 2.38. The van der Waals surface area contributed by atoms with Gasteiger partial charge in [-0.15, -0.1) is 0 Å². The molecule has 0 bridgehead atoms. The van der Waals surface area contributed by atoms with E-state index in [0.29, 0.717) is 11.7 Å². The van der Waals surface area contributed by atoms with Crippen molar-refractivity contribution < 1.29 is 14.3 Å². The smallest absolute Gasteiger partial charge is 0.325 e. The fourth-order valence-electron chi connectivity index (χ4n) is 3.18. The average Bonchev–Trinajstić information content (AvgIpc) is 3.02. The standard InChI is InChI=1S/C16H22N2O3/c1-21-15(19)11-18(12-5-2-3-6-12)16(20)14-7-4-10-17(14)13-8-9-13/h4,7,10,12-13H,2-3,5-6,8-9,11H2,1H3. The molecule has 1 aromatic heterocycles. The zero-order chi connectivity index (χ0) is 14.8. The molecule has 114 valence electrons. The second-order valence-electron chi connectivity index (χ2n) is 5.98. The molecule has 0 radical (unpaired) electrons. The number of carbonyl (C=O) groups is 2. The zero-order valence-electron chi connectivity index (χ0n) is 12.5. The molecule has 2 aliphatic rings. The molecule has 5 heteroatoms. The summed E-state index contributed by atoms with van der Waals surface area (Å²) < 4.78 is 6.82. The molecule has 21 heavy (non-hydrogen) atoms. The van der Waals surface area contributed by atoms with Crippen LogP contribution < -0.4 is 0 Å². The lowest BCUT2D eigenvalue weighted by Crippen LogP contribution is -2.43. The van der Waals surface area contributed by atoms with Crippen molar-refractivity contribution in [3.63, 3.8) is 0 Å². The van der Waals surface area contributed by atoms with Crippen LogP contribution in [0.4, 0.5) is 0 Å². The number of ether oxygens (including phenoxy) is 1. The normalized spacial score (nSPS) is 18.7.